The number of aromatic carboxylic acids is 1. The number of anilines is 1. The van der Waals surface area contributed by atoms with Gasteiger partial charge >= 0.3 is 5.97 Å². The predicted octanol–water partition coefficient (Wildman–Crippen LogP) is 0.996. The molecule has 0 aliphatic carbocycles. The Labute approximate surface area is 111 Å². The monoisotopic (exact) mass is 266 g/mol. The number of nitrogens with one attached hydrogen (secondary N) is 1. The van der Waals surface area contributed by atoms with E-state index in [1.165, 1.54) is 13.2 Å². The van der Waals surface area contributed by atoms with Gasteiger partial charge in [0.2, 0.25) is 5.91 Å². The van der Waals surface area contributed by atoms with Crippen LogP contribution in [0.3, 0.4) is 0 Å². The molecule has 19 heavy (non-hydrogen) atoms. The van der Waals surface area contributed by atoms with E-state index in [0.29, 0.717) is 13.0 Å². The second-order valence-electron chi connectivity index (χ2n) is 4.23. The number of benzene rings is 1. The Morgan fingerprint density at radius 2 is 2.16 bits per heavy atom. The summed E-state index contributed by atoms with van der Waals surface area (Å²) in [5, 5.41) is 11.6. The van der Waals surface area contributed by atoms with Gasteiger partial charge in [0.15, 0.2) is 0 Å². The fourth-order valence-corrected chi connectivity index (χ4v) is 1.55. The van der Waals surface area contributed by atoms with Gasteiger partial charge in [-0.2, -0.15) is 0 Å². The first-order valence-electron chi connectivity index (χ1n) is 5.85. The summed E-state index contributed by atoms with van der Waals surface area (Å²) in [6.45, 7) is 2.15. The van der Waals surface area contributed by atoms with Crippen LogP contribution in [0.25, 0.3) is 0 Å². The Balaban J connectivity index is 2.81. The summed E-state index contributed by atoms with van der Waals surface area (Å²) < 4.78 is 4.84. The van der Waals surface area contributed by atoms with Crippen LogP contribution in [0.15, 0.2) is 18.2 Å². The maximum Gasteiger partial charge on any atom is 0.337 e. The molecule has 104 valence electrons. The number of nitrogens with two attached hydrogens (primary N) is 1. The number of hydrogen-bond acceptors (Lipinski definition) is 4. The zero-order valence-corrected chi connectivity index (χ0v) is 11.0. The summed E-state index contributed by atoms with van der Waals surface area (Å²) >= 11 is 0. The minimum Gasteiger partial charge on any atom is -0.478 e. The highest BCUT2D eigenvalue weighted by Gasteiger charge is 2.17. The molecule has 0 bridgehead atoms. The molecule has 1 amide bonds. The van der Waals surface area contributed by atoms with Crippen LogP contribution in [-0.2, 0) is 9.53 Å². The number of hydrogen-bond donors (Lipinski definition) is 3. The van der Waals surface area contributed by atoms with Gasteiger partial charge in [-0.1, -0.05) is 11.6 Å². The number of carboxylic acids is 1. The predicted molar refractivity (Wildman–Crippen MR) is 71.2 cm³/mol. The minimum atomic E-state index is -1.09. The van der Waals surface area contributed by atoms with Crippen LogP contribution >= 0.6 is 0 Å². The van der Waals surface area contributed by atoms with Crippen molar-refractivity contribution in [3.8, 4) is 0 Å². The summed E-state index contributed by atoms with van der Waals surface area (Å²) in [7, 11) is 1.52. The molecule has 0 aliphatic heterocycles. The van der Waals surface area contributed by atoms with E-state index in [0.717, 1.165) is 5.56 Å². The van der Waals surface area contributed by atoms with Crippen molar-refractivity contribution < 1.29 is 19.4 Å². The molecule has 1 aromatic carbocycles. The van der Waals surface area contributed by atoms with Crippen molar-refractivity contribution in [3.05, 3.63) is 29.3 Å². The number of methoxy groups -OCH3 is 1. The normalized spacial score (nSPS) is 11.9. The zero-order chi connectivity index (χ0) is 14.4. The molecule has 0 spiro atoms. The van der Waals surface area contributed by atoms with Gasteiger partial charge in [0.05, 0.1) is 17.3 Å². The van der Waals surface area contributed by atoms with E-state index >= 15 is 0 Å². The van der Waals surface area contributed by atoms with Gasteiger partial charge in [-0.25, -0.2) is 4.79 Å². The van der Waals surface area contributed by atoms with Crippen molar-refractivity contribution in [2.75, 3.05) is 19.0 Å². The van der Waals surface area contributed by atoms with E-state index in [1.807, 2.05) is 0 Å². The Morgan fingerprint density at radius 3 is 2.74 bits per heavy atom. The number of rotatable bonds is 6. The molecule has 6 heteroatoms. The Morgan fingerprint density at radius 1 is 1.47 bits per heavy atom. The highest BCUT2D eigenvalue weighted by Crippen LogP contribution is 2.17. The van der Waals surface area contributed by atoms with E-state index in [1.54, 1.807) is 19.1 Å². The van der Waals surface area contributed by atoms with Crippen LogP contribution in [0, 0.1) is 6.92 Å². The molecule has 1 aromatic rings. The summed E-state index contributed by atoms with van der Waals surface area (Å²) in [5.41, 5.74) is 6.77. The number of aryl methyl sites for hydroxylation is 1. The Hall–Kier alpha value is -1.92. The van der Waals surface area contributed by atoms with Crippen LogP contribution < -0.4 is 11.1 Å². The van der Waals surface area contributed by atoms with Crippen LogP contribution in [-0.4, -0.2) is 36.7 Å². The Kier molecular flexibility index (Phi) is 5.47. The summed E-state index contributed by atoms with van der Waals surface area (Å²) in [6, 6.07) is 4.05. The minimum absolute atomic E-state index is 0.0484. The number of ether oxygens (including phenoxy) is 1. The average Bonchev–Trinajstić information content (AvgIpc) is 2.37. The lowest BCUT2D eigenvalue weighted by Crippen LogP contribution is -2.36. The average molecular weight is 266 g/mol. The third-order valence-corrected chi connectivity index (χ3v) is 2.63. The molecular weight excluding hydrogens is 248 g/mol. The fraction of sp³-hybridized carbons (Fsp3) is 0.385. The highest BCUT2D eigenvalue weighted by molar-refractivity contribution is 6.02. The highest BCUT2D eigenvalue weighted by atomic mass is 16.5. The van der Waals surface area contributed by atoms with Crippen LogP contribution in [0.5, 0.6) is 0 Å². The van der Waals surface area contributed by atoms with Crippen molar-refractivity contribution in [1.29, 1.82) is 0 Å². The third kappa shape index (κ3) is 4.35. The van der Waals surface area contributed by atoms with E-state index < -0.39 is 17.9 Å². The maximum atomic E-state index is 11.8. The maximum absolute atomic E-state index is 11.8. The van der Waals surface area contributed by atoms with Crippen LogP contribution in [0.1, 0.15) is 22.3 Å². The lowest BCUT2D eigenvalue weighted by molar-refractivity contribution is -0.117. The van der Waals surface area contributed by atoms with Crippen molar-refractivity contribution >= 4 is 17.6 Å². The van der Waals surface area contributed by atoms with Crippen LogP contribution in [0.4, 0.5) is 5.69 Å². The first-order chi connectivity index (χ1) is 8.95. The van der Waals surface area contributed by atoms with Crippen molar-refractivity contribution in [2.45, 2.75) is 19.4 Å². The second-order valence-corrected chi connectivity index (χ2v) is 4.23. The molecular formula is C13H18N2O4. The van der Waals surface area contributed by atoms with Gasteiger partial charge < -0.3 is 20.9 Å². The van der Waals surface area contributed by atoms with E-state index in [-0.39, 0.29) is 11.3 Å². The molecule has 1 atom stereocenters. The summed E-state index contributed by atoms with van der Waals surface area (Å²) in [5.74, 6) is -1.52. The van der Waals surface area contributed by atoms with Gasteiger partial charge in [-0.3, -0.25) is 4.79 Å². The number of carbonyl (C=O) groups is 2. The first-order valence-corrected chi connectivity index (χ1v) is 5.85. The van der Waals surface area contributed by atoms with E-state index in [2.05, 4.69) is 5.32 Å². The molecule has 1 rings (SSSR count). The lowest BCUT2D eigenvalue weighted by Gasteiger charge is -2.13. The van der Waals surface area contributed by atoms with E-state index in [9.17, 15) is 9.59 Å². The van der Waals surface area contributed by atoms with E-state index in [4.69, 9.17) is 15.6 Å². The van der Waals surface area contributed by atoms with Gasteiger partial charge in [0.25, 0.3) is 0 Å². The molecule has 0 heterocycles. The summed E-state index contributed by atoms with van der Waals surface area (Å²) in [6.07, 6.45) is 0.372. The lowest BCUT2D eigenvalue weighted by atomic mass is 10.1. The number of carboxylic acid groups (broad SMARTS) is 1. The molecule has 0 saturated carbocycles. The fourth-order valence-electron chi connectivity index (χ4n) is 1.55. The van der Waals surface area contributed by atoms with Gasteiger partial charge in [-0.15, -0.1) is 0 Å². The van der Waals surface area contributed by atoms with Crippen molar-refractivity contribution in [1.82, 2.24) is 0 Å². The first kappa shape index (κ1) is 15.1. The van der Waals surface area contributed by atoms with Gasteiger partial charge in [0, 0.05) is 13.7 Å². The quantitative estimate of drug-likeness (QED) is 0.712. The summed E-state index contributed by atoms with van der Waals surface area (Å²) in [4.78, 5) is 22.9. The molecule has 0 aliphatic rings. The third-order valence-electron chi connectivity index (χ3n) is 2.63. The van der Waals surface area contributed by atoms with Crippen LogP contribution in [0.2, 0.25) is 0 Å². The largest absolute Gasteiger partial charge is 0.478 e. The van der Waals surface area contributed by atoms with Crippen molar-refractivity contribution in [3.63, 3.8) is 0 Å². The SMILES string of the molecule is COCCC(N)C(=O)Nc1ccc(C)cc1C(=O)O. The van der Waals surface area contributed by atoms with Crippen molar-refractivity contribution in [2.24, 2.45) is 5.73 Å². The second kappa shape index (κ2) is 6.86. The molecule has 0 radical (unpaired) electrons. The number of carbonyl (C=O) groups excluding carboxylic acids is 1. The van der Waals surface area contributed by atoms with Gasteiger partial charge in [0.1, 0.15) is 0 Å². The molecule has 0 fully saturated rings. The Bertz CT molecular complexity index is 474. The zero-order valence-electron chi connectivity index (χ0n) is 11.0. The van der Waals surface area contributed by atoms with Gasteiger partial charge in [-0.05, 0) is 25.5 Å². The molecule has 1 unspecified atom stereocenters. The molecule has 4 N–H and O–H groups in total. The topological polar surface area (TPSA) is 102 Å². The number of amides is 1. The molecule has 0 saturated heterocycles. The molecule has 0 aromatic heterocycles. The standard InChI is InChI=1S/C13H18N2O4/c1-8-3-4-11(9(7-8)13(17)18)15-12(16)10(14)5-6-19-2/h3-4,7,10H,5-6,14H2,1-2H3,(H,15,16)(H,17,18). The smallest absolute Gasteiger partial charge is 0.337 e. The molecule has 6 nitrogen and oxygen atoms in total.